The highest BCUT2D eigenvalue weighted by Crippen LogP contribution is 2.24. The third-order valence-corrected chi connectivity index (χ3v) is 3.70. The van der Waals surface area contributed by atoms with E-state index in [1.54, 1.807) is 12.1 Å². The van der Waals surface area contributed by atoms with Crippen LogP contribution < -0.4 is 10.1 Å². The molecule has 0 bridgehead atoms. The lowest BCUT2D eigenvalue weighted by Crippen LogP contribution is -2.11. The maximum atomic E-state index is 10.7. The number of hydrogen-bond acceptors (Lipinski definition) is 4. The Morgan fingerprint density at radius 2 is 2.10 bits per heavy atom. The van der Waals surface area contributed by atoms with Gasteiger partial charge in [0.05, 0.1) is 8.49 Å². The Hall–Kier alpha value is -1.83. The van der Waals surface area contributed by atoms with Gasteiger partial charge >= 0.3 is 0 Å². The Morgan fingerprint density at radius 3 is 2.76 bits per heavy atom. The summed E-state index contributed by atoms with van der Waals surface area (Å²) in [4.78, 5) is 10.4. The molecule has 0 fully saturated rings. The zero-order valence-electron chi connectivity index (χ0n) is 11.5. The van der Waals surface area contributed by atoms with Crippen LogP contribution in [-0.2, 0) is 0 Å². The first-order valence-electron chi connectivity index (χ1n) is 6.43. The molecule has 0 aliphatic rings. The molecule has 0 aromatic heterocycles. The second-order valence-corrected chi connectivity index (χ2v) is 5.68. The fraction of sp³-hybridized carbons (Fsp3) is 0.200. The predicted octanol–water partition coefficient (Wildman–Crippen LogP) is 4.00. The minimum Gasteiger partial charge on any atom is -0.492 e. The average molecular weight is 398 g/mol. The van der Waals surface area contributed by atoms with Gasteiger partial charge in [-0.05, 0) is 59.3 Å². The van der Waals surface area contributed by atoms with E-state index in [9.17, 15) is 10.1 Å². The monoisotopic (exact) mass is 398 g/mol. The number of aryl methyl sites for hydroxylation is 1. The summed E-state index contributed by atoms with van der Waals surface area (Å²) in [5.74, 6) is 0.843. The SMILES string of the molecule is Cc1cccc(OCCNc2ccc([N+](=O)[O-])c(I)c2)c1. The summed E-state index contributed by atoms with van der Waals surface area (Å²) >= 11 is 1.96. The van der Waals surface area contributed by atoms with Crippen LogP contribution in [0, 0.1) is 20.6 Å². The molecule has 6 heteroatoms. The molecule has 2 aromatic rings. The van der Waals surface area contributed by atoms with Crippen LogP contribution in [0.5, 0.6) is 5.75 Å². The van der Waals surface area contributed by atoms with E-state index in [0.717, 1.165) is 17.0 Å². The molecule has 2 aromatic carbocycles. The highest BCUT2D eigenvalue weighted by atomic mass is 127. The predicted molar refractivity (Wildman–Crippen MR) is 91.0 cm³/mol. The fourth-order valence-electron chi connectivity index (χ4n) is 1.83. The number of anilines is 1. The van der Waals surface area contributed by atoms with Crippen molar-refractivity contribution in [3.8, 4) is 5.75 Å². The first kappa shape index (κ1) is 15.6. The van der Waals surface area contributed by atoms with Crippen LogP contribution >= 0.6 is 22.6 Å². The molecule has 0 amide bonds. The molecule has 110 valence electrons. The van der Waals surface area contributed by atoms with E-state index in [-0.39, 0.29) is 10.6 Å². The zero-order chi connectivity index (χ0) is 15.2. The van der Waals surface area contributed by atoms with Gasteiger partial charge in [-0.3, -0.25) is 10.1 Å². The minimum atomic E-state index is -0.383. The van der Waals surface area contributed by atoms with Crippen LogP contribution in [0.2, 0.25) is 0 Å². The van der Waals surface area contributed by atoms with Gasteiger partial charge in [-0.25, -0.2) is 0 Å². The van der Waals surface area contributed by atoms with Crippen LogP contribution in [0.15, 0.2) is 42.5 Å². The van der Waals surface area contributed by atoms with Crippen molar-refractivity contribution < 1.29 is 9.66 Å². The molecule has 0 saturated heterocycles. The second kappa shape index (κ2) is 7.26. The van der Waals surface area contributed by atoms with Crippen molar-refractivity contribution in [2.75, 3.05) is 18.5 Å². The summed E-state index contributed by atoms with van der Waals surface area (Å²) in [5.41, 5.74) is 2.13. The number of nitro benzene ring substituents is 1. The molecule has 2 rings (SSSR count). The van der Waals surface area contributed by atoms with Crippen molar-refractivity contribution >= 4 is 34.0 Å². The van der Waals surface area contributed by atoms with E-state index in [1.807, 2.05) is 53.8 Å². The number of ether oxygens (including phenoxy) is 1. The largest absolute Gasteiger partial charge is 0.492 e. The summed E-state index contributed by atoms with van der Waals surface area (Å²) in [6, 6.07) is 12.8. The van der Waals surface area contributed by atoms with Gasteiger partial charge in [0, 0.05) is 18.3 Å². The lowest BCUT2D eigenvalue weighted by Gasteiger charge is -2.09. The summed E-state index contributed by atoms with van der Waals surface area (Å²) in [6.45, 7) is 3.17. The van der Waals surface area contributed by atoms with E-state index < -0.39 is 0 Å². The molecule has 0 saturated carbocycles. The maximum absolute atomic E-state index is 10.7. The molecule has 1 N–H and O–H groups in total. The van der Waals surface area contributed by atoms with Crippen LogP contribution in [0.4, 0.5) is 11.4 Å². The summed E-state index contributed by atoms with van der Waals surface area (Å²) in [5, 5.41) is 13.9. The first-order valence-corrected chi connectivity index (χ1v) is 7.51. The standard InChI is InChI=1S/C15H15IN2O3/c1-11-3-2-4-13(9-11)21-8-7-17-12-5-6-15(18(19)20)14(16)10-12/h2-6,9-10,17H,7-8H2,1H3. The van der Waals surface area contributed by atoms with Gasteiger partial charge in [0.1, 0.15) is 12.4 Å². The maximum Gasteiger partial charge on any atom is 0.282 e. The van der Waals surface area contributed by atoms with E-state index in [4.69, 9.17) is 4.74 Å². The highest BCUT2D eigenvalue weighted by molar-refractivity contribution is 14.1. The summed E-state index contributed by atoms with van der Waals surface area (Å²) in [7, 11) is 0. The van der Waals surface area contributed by atoms with Crippen LogP contribution in [0.25, 0.3) is 0 Å². The van der Waals surface area contributed by atoms with Gasteiger partial charge in [-0.2, -0.15) is 0 Å². The molecule has 0 aliphatic carbocycles. The molecule has 0 radical (unpaired) electrons. The summed E-state index contributed by atoms with van der Waals surface area (Å²) < 4.78 is 6.24. The molecule has 21 heavy (non-hydrogen) atoms. The molecular formula is C15H15IN2O3. The molecule has 0 heterocycles. The van der Waals surface area contributed by atoms with Gasteiger partial charge in [-0.15, -0.1) is 0 Å². The normalized spacial score (nSPS) is 10.2. The quantitative estimate of drug-likeness (QED) is 0.346. The van der Waals surface area contributed by atoms with Crippen molar-refractivity contribution in [2.45, 2.75) is 6.92 Å². The number of rotatable bonds is 6. The van der Waals surface area contributed by atoms with Crippen LogP contribution in [0.3, 0.4) is 0 Å². The molecule has 0 atom stereocenters. The lowest BCUT2D eigenvalue weighted by molar-refractivity contribution is -0.385. The average Bonchev–Trinajstić information content (AvgIpc) is 2.43. The number of nitrogens with one attached hydrogen (secondary N) is 1. The Balaban J connectivity index is 1.84. The smallest absolute Gasteiger partial charge is 0.282 e. The number of nitro groups is 1. The second-order valence-electron chi connectivity index (χ2n) is 4.52. The van der Waals surface area contributed by atoms with Gasteiger partial charge in [-0.1, -0.05) is 12.1 Å². The number of benzene rings is 2. The van der Waals surface area contributed by atoms with Gasteiger partial charge < -0.3 is 10.1 Å². The molecule has 0 unspecified atom stereocenters. The highest BCUT2D eigenvalue weighted by Gasteiger charge is 2.11. The molecular weight excluding hydrogens is 383 g/mol. The van der Waals surface area contributed by atoms with Crippen molar-refractivity contribution in [1.29, 1.82) is 0 Å². The third-order valence-electron chi connectivity index (χ3n) is 2.83. The first-order chi connectivity index (χ1) is 10.1. The van der Waals surface area contributed by atoms with E-state index >= 15 is 0 Å². The van der Waals surface area contributed by atoms with Crippen LogP contribution in [0.1, 0.15) is 5.56 Å². The topological polar surface area (TPSA) is 64.4 Å². The Bertz CT molecular complexity index is 647. The number of hydrogen-bond donors (Lipinski definition) is 1. The van der Waals surface area contributed by atoms with Gasteiger partial charge in [0.2, 0.25) is 0 Å². The number of halogens is 1. The van der Waals surface area contributed by atoms with Crippen molar-refractivity contribution in [2.24, 2.45) is 0 Å². The Morgan fingerprint density at radius 1 is 1.29 bits per heavy atom. The zero-order valence-corrected chi connectivity index (χ0v) is 13.7. The van der Waals surface area contributed by atoms with Gasteiger partial charge in [0.25, 0.3) is 5.69 Å². The summed E-state index contributed by atoms with van der Waals surface area (Å²) in [6.07, 6.45) is 0. The molecule has 0 spiro atoms. The van der Waals surface area contributed by atoms with E-state index in [2.05, 4.69) is 5.32 Å². The van der Waals surface area contributed by atoms with Crippen LogP contribution in [-0.4, -0.2) is 18.1 Å². The van der Waals surface area contributed by atoms with E-state index in [1.165, 1.54) is 6.07 Å². The lowest BCUT2D eigenvalue weighted by atomic mass is 10.2. The van der Waals surface area contributed by atoms with E-state index in [0.29, 0.717) is 16.7 Å². The molecule has 5 nitrogen and oxygen atoms in total. The van der Waals surface area contributed by atoms with Gasteiger partial charge in [0.15, 0.2) is 0 Å². The van der Waals surface area contributed by atoms with Crippen molar-refractivity contribution in [3.05, 3.63) is 61.7 Å². The third kappa shape index (κ3) is 4.59. The fourth-order valence-corrected chi connectivity index (χ4v) is 2.55. The molecule has 0 aliphatic heterocycles. The van der Waals surface area contributed by atoms with Crippen molar-refractivity contribution in [3.63, 3.8) is 0 Å². The minimum absolute atomic E-state index is 0.122. The Labute approximate surface area is 136 Å². The van der Waals surface area contributed by atoms with Crippen molar-refractivity contribution in [1.82, 2.24) is 0 Å². The Kier molecular flexibility index (Phi) is 5.38. The number of nitrogens with zero attached hydrogens (tertiary/aromatic N) is 1.